The monoisotopic (exact) mass is 332 g/mol. The number of thiophene rings is 1. The largest absolute Gasteiger partial charge is 0.394 e. The van der Waals surface area contributed by atoms with E-state index in [0.717, 1.165) is 16.9 Å². The molecule has 1 aromatic carbocycles. The Balaban J connectivity index is 1.89. The predicted molar refractivity (Wildman–Crippen MR) is 86.0 cm³/mol. The van der Waals surface area contributed by atoms with Gasteiger partial charge < -0.3 is 15.7 Å². The van der Waals surface area contributed by atoms with Crippen LogP contribution in [0.3, 0.4) is 0 Å². The molecule has 0 bridgehead atoms. The lowest BCUT2D eigenvalue weighted by Crippen LogP contribution is -2.50. The number of hydrogen-bond donors (Lipinski definition) is 3. The summed E-state index contributed by atoms with van der Waals surface area (Å²) in [4.78, 5) is 36.0. The number of benzene rings is 1. The Labute approximate surface area is 137 Å². The van der Waals surface area contributed by atoms with Gasteiger partial charge in [0.1, 0.15) is 6.04 Å². The summed E-state index contributed by atoms with van der Waals surface area (Å²) < 4.78 is 0. The minimum Gasteiger partial charge on any atom is -0.394 e. The number of carbonyl (C=O) groups is 3. The number of amides is 2. The number of aliphatic hydroxyl groups excluding tert-OH is 1. The highest BCUT2D eigenvalue weighted by molar-refractivity contribution is 7.13. The third kappa shape index (κ3) is 4.73. The van der Waals surface area contributed by atoms with Gasteiger partial charge in [-0.3, -0.25) is 14.4 Å². The van der Waals surface area contributed by atoms with E-state index in [-0.39, 0.29) is 11.4 Å². The molecule has 1 aromatic heterocycles. The lowest BCUT2D eigenvalue weighted by molar-refractivity contribution is -0.128. The number of carbonyl (C=O) groups excluding carboxylic acids is 3. The second-order valence-corrected chi connectivity index (χ2v) is 5.67. The molecule has 0 aliphatic rings. The van der Waals surface area contributed by atoms with Crippen LogP contribution in [0.2, 0.25) is 0 Å². The zero-order chi connectivity index (χ0) is 16.7. The first-order valence-electron chi connectivity index (χ1n) is 6.93. The Kier molecular flexibility index (Phi) is 6.02. The van der Waals surface area contributed by atoms with Gasteiger partial charge in [0.25, 0.3) is 11.7 Å². The van der Waals surface area contributed by atoms with E-state index in [9.17, 15) is 19.5 Å². The van der Waals surface area contributed by atoms with E-state index >= 15 is 0 Å². The Bertz CT molecular complexity index is 671. The average molecular weight is 332 g/mol. The summed E-state index contributed by atoms with van der Waals surface area (Å²) in [6.45, 7) is -0.324. The number of Topliss-reactive ketones (excluding diaryl/α,β-unsaturated/α-hetero) is 1. The van der Waals surface area contributed by atoms with Crippen LogP contribution in [-0.4, -0.2) is 35.4 Å². The second kappa shape index (κ2) is 8.21. The van der Waals surface area contributed by atoms with Crippen molar-refractivity contribution in [3.8, 4) is 0 Å². The smallest absolute Gasteiger partial charge is 0.293 e. The van der Waals surface area contributed by atoms with E-state index in [1.54, 1.807) is 11.4 Å². The van der Waals surface area contributed by atoms with Crippen molar-refractivity contribution in [2.45, 2.75) is 12.6 Å². The standard InChI is InChI=1S/C16H16N2O4S/c19-10-12(15(21)17-9-11-5-2-1-3-6-11)18-16(22)14(20)13-7-4-8-23-13/h1-8,12,19H,9-10H2,(H,17,21)(H,18,22)/t12-/m0/s1. The van der Waals surface area contributed by atoms with Crippen LogP contribution in [0.15, 0.2) is 47.8 Å². The fraction of sp³-hybridized carbons (Fsp3) is 0.188. The van der Waals surface area contributed by atoms with Gasteiger partial charge in [0.2, 0.25) is 5.91 Å². The molecule has 3 N–H and O–H groups in total. The van der Waals surface area contributed by atoms with Crippen LogP contribution in [0.25, 0.3) is 0 Å². The molecule has 1 atom stereocenters. The first-order chi connectivity index (χ1) is 11.1. The average Bonchev–Trinajstić information content (AvgIpc) is 3.12. The Morgan fingerprint density at radius 2 is 1.83 bits per heavy atom. The molecule has 2 rings (SSSR count). The quantitative estimate of drug-likeness (QED) is 0.514. The van der Waals surface area contributed by atoms with Gasteiger partial charge in [-0.25, -0.2) is 0 Å². The molecule has 2 aromatic rings. The van der Waals surface area contributed by atoms with Crippen molar-refractivity contribution in [1.82, 2.24) is 10.6 Å². The molecule has 0 saturated heterocycles. The second-order valence-electron chi connectivity index (χ2n) is 4.72. The van der Waals surface area contributed by atoms with Crippen molar-refractivity contribution in [2.75, 3.05) is 6.61 Å². The van der Waals surface area contributed by atoms with Gasteiger partial charge in [0.15, 0.2) is 0 Å². The summed E-state index contributed by atoms with van der Waals surface area (Å²) in [6.07, 6.45) is 0. The molecule has 2 amide bonds. The number of hydrogen-bond acceptors (Lipinski definition) is 5. The van der Waals surface area contributed by atoms with E-state index in [0.29, 0.717) is 0 Å². The van der Waals surface area contributed by atoms with Gasteiger partial charge in [0, 0.05) is 6.54 Å². The van der Waals surface area contributed by atoms with Crippen molar-refractivity contribution in [1.29, 1.82) is 0 Å². The lowest BCUT2D eigenvalue weighted by Gasteiger charge is -2.15. The molecule has 0 aliphatic heterocycles. The van der Waals surface area contributed by atoms with Crippen molar-refractivity contribution in [2.24, 2.45) is 0 Å². The van der Waals surface area contributed by atoms with Crippen LogP contribution in [0.1, 0.15) is 15.2 Å². The fourth-order valence-corrected chi connectivity index (χ4v) is 2.51. The van der Waals surface area contributed by atoms with E-state index in [2.05, 4.69) is 10.6 Å². The number of nitrogens with one attached hydrogen (secondary N) is 2. The maximum Gasteiger partial charge on any atom is 0.293 e. The zero-order valence-corrected chi connectivity index (χ0v) is 13.0. The summed E-state index contributed by atoms with van der Waals surface area (Å²) in [6, 6.07) is 11.2. The van der Waals surface area contributed by atoms with Crippen molar-refractivity contribution in [3.05, 3.63) is 58.3 Å². The van der Waals surface area contributed by atoms with Crippen LogP contribution >= 0.6 is 11.3 Å². The molecule has 0 radical (unpaired) electrons. The normalized spacial score (nSPS) is 11.5. The number of aliphatic hydroxyl groups is 1. The molecular weight excluding hydrogens is 316 g/mol. The SMILES string of the molecule is O=C(N[C@@H](CO)C(=O)NCc1ccccc1)C(=O)c1cccs1. The van der Waals surface area contributed by atoms with E-state index < -0.39 is 30.2 Å². The highest BCUT2D eigenvalue weighted by Gasteiger charge is 2.24. The van der Waals surface area contributed by atoms with Crippen LogP contribution in [-0.2, 0) is 16.1 Å². The van der Waals surface area contributed by atoms with Crippen molar-refractivity contribution < 1.29 is 19.5 Å². The molecule has 6 nitrogen and oxygen atoms in total. The number of rotatable bonds is 7. The minimum atomic E-state index is -1.17. The summed E-state index contributed by atoms with van der Waals surface area (Å²) in [7, 11) is 0. The minimum absolute atomic E-state index is 0.269. The molecule has 7 heteroatoms. The van der Waals surface area contributed by atoms with E-state index in [4.69, 9.17) is 0 Å². The molecule has 0 unspecified atom stereocenters. The van der Waals surface area contributed by atoms with Gasteiger partial charge in [-0.2, -0.15) is 0 Å². The third-order valence-corrected chi connectivity index (χ3v) is 3.93. The highest BCUT2D eigenvalue weighted by Crippen LogP contribution is 2.09. The van der Waals surface area contributed by atoms with Crippen LogP contribution < -0.4 is 10.6 Å². The van der Waals surface area contributed by atoms with Crippen molar-refractivity contribution in [3.63, 3.8) is 0 Å². The highest BCUT2D eigenvalue weighted by atomic mass is 32.1. The topological polar surface area (TPSA) is 95.5 Å². The van der Waals surface area contributed by atoms with Crippen LogP contribution in [0.5, 0.6) is 0 Å². The molecule has 0 saturated carbocycles. The lowest BCUT2D eigenvalue weighted by atomic mass is 10.2. The van der Waals surface area contributed by atoms with Gasteiger partial charge in [0.05, 0.1) is 11.5 Å². The Hall–Kier alpha value is -2.51. The molecule has 1 heterocycles. The fourth-order valence-electron chi connectivity index (χ4n) is 1.85. The third-order valence-electron chi connectivity index (χ3n) is 3.07. The summed E-state index contributed by atoms with van der Waals surface area (Å²) in [5, 5.41) is 15.8. The molecule has 0 aliphatic carbocycles. The van der Waals surface area contributed by atoms with E-state index in [1.165, 1.54) is 6.07 Å². The van der Waals surface area contributed by atoms with E-state index in [1.807, 2.05) is 30.3 Å². The molecule has 0 fully saturated rings. The molecule has 0 spiro atoms. The maximum atomic E-state index is 12.0. The van der Waals surface area contributed by atoms with Gasteiger partial charge in [-0.15, -0.1) is 11.3 Å². The van der Waals surface area contributed by atoms with Crippen LogP contribution in [0.4, 0.5) is 0 Å². The summed E-state index contributed by atoms with van der Waals surface area (Å²) in [5.74, 6) is -2.20. The van der Waals surface area contributed by atoms with Gasteiger partial charge >= 0.3 is 0 Å². The van der Waals surface area contributed by atoms with Crippen LogP contribution in [0, 0.1) is 0 Å². The summed E-state index contributed by atoms with van der Waals surface area (Å²) >= 11 is 1.14. The maximum absolute atomic E-state index is 12.0. The molecule has 120 valence electrons. The molecular formula is C16H16N2O4S. The Morgan fingerprint density at radius 1 is 1.09 bits per heavy atom. The molecule has 23 heavy (non-hydrogen) atoms. The predicted octanol–water partition coefficient (Wildman–Crippen LogP) is 0.724. The van der Waals surface area contributed by atoms with Crippen molar-refractivity contribution >= 4 is 28.9 Å². The number of ketones is 1. The van der Waals surface area contributed by atoms with Gasteiger partial charge in [-0.05, 0) is 17.0 Å². The first kappa shape index (κ1) is 16.9. The van der Waals surface area contributed by atoms with Gasteiger partial charge in [-0.1, -0.05) is 36.4 Å². The summed E-state index contributed by atoms with van der Waals surface area (Å²) in [5.41, 5.74) is 0.888. The Morgan fingerprint density at radius 3 is 2.43 bits per heavy atom. The zero-order valence-electron chi connectivity index (χ0n) is 12.2. The first-order valence-corrected chi connectivity index (χ1v) is 7.81.